The molecule has 23 heavy (non-hydrogen) atoms. The number of halogens is 1. The highest BCUT2D eigenvalue weighted by molar-refractivity contribution is 6.31. The van der Waals surface area contributed by atoms with Gasteiger partial charge >= 0.3 is 0 Å². The van der Waals surface area contributed by atoms with Crippen LogP contribution in [0.15, 0.2) is 24.3 Å². The maximum atomic E-state index is 9.43. The molecule has 0 spiro atoms. The maximum Gasteiger partial charge on any atom is 0.130 e. The summed E-state index contributed by atoms with van der Waals surface area (Å²) in [6, 6.07) is 9.44. The molecule has 0 aliphatic carbocycles. The Hall–Kier alpha value is -1.87. The van der Waals surface area contributed by atoms with Gasteiger partial charge in [-0.15, -0.1) is 0 Å². The van der Waals surface area contributed by atoms with Crippen LogP contribution in [0.2, 0.25) is 5.02 Å². The second kappa shape index (κ2) is 7.14. The zero-order valence-corrected chi connectivity index (χ0v) is 13.5. The average molecular weight is 332 g/mol. The molecule has 2 aromatic rings. The topological polar surface area (TPSA) is 69.4 Å². The van der Waals surface area contributed by atoms with Gasteiger partial charge in [0.25, 0.3) is 0 Å². The van der Waals surface area contributed by atoms with Crippen LogP contribution >= 0.6 is 11.6 Å². The predicted molar refractivity (Wildman–Crippen MR) is 89.7 cm³/mol. The van der Waals surface area contributed by atoms with Gasteiger partial charge in [0.15, 0.2) is 0 Å². The van der Waals surface area contributed by atoms with Gasteiger partial charge in [-0.2, -0.15) is 5.26 Å². The number of fused-ring (bicyclic) bond motifs is 1. The number of anilines is 1. The van der Waals surface area contributed by atoms with Crippen LogP contribution in [0.25, 0.3) is 10.9 Å². The molecule has 120 valence electrons. The van der Waals surface area contributed by atoms with E-state index in [1.807, 2.05) is 12.1 Å². The van der Waals surface area contributed by atoms with Crippen molar-refractivity contribution in [1.82, 2.24) is 4.98 Å². The Balaban J connectivity index is 1.90. The van der Waals surface area contributed by atoms with Gasteiger partial charge in [0.1, 0.15) is 5.82 Å². The molecule has 1 fully saturated rings. The Morgan fingerprint density at radius 3 is 3.09 bits per heavy atom. The van der Waals surface area contributed by atoms with Crippen molar-refractivity contribution in [2.45, 2.75) is 18.9 Å². The number of hydrogen-bond acceptors (Lipinski definition) is 5. The lowest BCUT2D eigenvalue weighted by atomic mass is 10.1. The lowest BCUT2D eigenvalue weighted by molar-refractivity contribution is 0.0213. The molecule has 0 amide bonds. The van der Waals surface area contributed by atoms with Crippen molar-refractivity contribution in [3.8, 4) is 6.07 Å². The molecule has 3 rings (SSSR count). The Labute approximate surface area is 140 Å². The molecule has 1 N–H and O–H groups in total. The molecule has 1 aliphatic heterocycles. The van der Waals surface area contributed by atoms with Gasteiger partial charge in [0, 0.05) is 23.5 Å². The second-order valence-electron chi connectivity index (χ2n) is 5.61. The highest BCUT2D eigenvalue weighted by Crippen LogP contribution is 2.27. The lowest BCUT2D eigenvalue weighted by Crippen LogP contribution is -2.40. The van der Waals surface area contributed by atoms with Crippen LogP contribution in [0.5, 0.6) is 0 Å². The van der Waals surface area contributed by atoms with Gasteiger partial charge in [0.2, 0.25) is 0 Å². The number of nitriles is 1. The van der Waals surface area contributed by atoms with Crippen molar-refractivity contribution in [3.05, 3.63) is 34.9 Å². The molecule has 1 aliphatic rings. The number of aliphatic hydroxyl groups is 1. The normalized spacial score (nSPS) is 18.1. The molecule has 0 radical (unpaired) electrons. The molecule has 1 aromatic heterocycles. The minimum atomic E-state index is 0.0318. The highest BCUT2D eigenvalue weighted by Gasteiger charge is 2.22. The van der Waals surface area contributed by atoms with E-state index in [1.54, 1.807) is 12.1 Å². The van der Waals surface area contributed by atoms with Crippen LogP contribution in [0.4, 0.5) is 5.82 Å². The van der Waals surface area contributed by atoms with E-state index >= 15 is 0 Å². The standard InChI is InChI=1S/C17H18ClN3O2/c18-13-3-4-16-15(9-13)12(10-19)8-17(20-16)21-5-1-2-14(11-21)23-7-6-22/h3-4,8-9,14,22H,1-2,5-7,11H2. The Morgan fingerprint density at radius 2 is 2.30 bits per heavy atom. The summed E-state index contributed by atoms with van der Waals surface area (Å²) in [5, 5.41) is 19.7. The number of benzene rings is 1. The fourth-order valence-electron chi connectivity index (χ4n) is 2.94. The molecule has 1 atom stereocenters. The summed E-state index contributed by atoms with van der Waals surface area (Å²) in [6.45, 7) is 1.99. The van der Waals surface area contributed by atoms with Crippen molar-refractivity contribution in [3.63, 3.8) is 0 Å². The molecular formula is C17H18ClN3O2. The first-order chi connectivity index (χ1) is 11.2. The van der Waals surface area contributed by atoms with Crippen molar-refractivity contribution < 1.29 is 9.84 Å². The van der Waals surface area contributed by atoms with E-state index in [1.165, 1.54) is 0 Å². The number of ether oxygens (including phenoxy) is 1. The number of rotatable bonds is 4. The summed E-state index contributed by atoms with van der Waals surface area (Å²) in [7, 11) is 0. The number of pyridine rings is 1. The molecule has 2 heterocycles. The van der Waals surface area contributed by atoms with Gasteiger partial charge in [-0.1, -0.05) is 11.6 Å². The van der Waals surface area contributed by atoms with E-state index in [0.29, 0.717) is 17.2 Å². The van der Waals surface area contributed by atoms with Gasteiger partial charge < -0.3 is 14.7 Å². The Bertz CT molecular complexity index is 744. The van der Waals surface area contributed by atoms with E-state index in [0.717, 1.165) is 42.7 Å². The van der Waals surface area contributed by atoms with E-state index in [4.69, 9.17) is 21.4 Å². The molecule has 6 heteroatoms. The van der Waals surface area contributed by atoms with Crippen molar-refractivity contribution in [2.24, 2.45) is 0 Å². The zero-order valence-electron chi connectivity index (χ0n) is 12.7. The van der Waals surface area contributed by atoms with Crippen molar-refractivity contribution in [2.75, 3.05) is 31.2 Å². The maximum absolute atomic E-state index is 9.43. The summed E-state index contributed by atoms with van der Waals surface area (Å²) in [6.07, 6.45) is 2.06. The number of hydrogen-bond donors (Lipinski definition) is 1. The predicted octanol–water partition coefficient (Wildman–Crippen LogP) is 2.74. The van der Waals surface area contributed by atoms with E-state index in [-0.39, 0.29) is 12.7 Å². The van der Waals surface area contributed by atoms with Crippen LogP contribution in [-0.4, -0.2) is 42.5 Å². The van der Waals surface area contributed by atoms with E-state index in [2.05, 4.69) is 16.0 Å². The number of aliphatic hydroxyl groups excluding tert-OH is 1. The monoisotopic (exact) mass is 331 g/mol. The van der Waals surface area contributed by atoms with Crippen molar-refractivity contribution >= 4 is 28.3 Å². The van der Waals surface area contributed by atoms with Crippen LogP contribution in [0.3, 0.4) is 0 Å². The molecule has 5 nitrogen and oxygen atoms in total. The SMILES string of the molecule is N#Cc1cc(N2CCCC(OCCO)C2)nc2ccc(Cl)cc12. The summed E-state index contributed by atoms with van der Waals surface area (Å²) in [4.78, 5) is 6.81. The third-order valence-corrected chi connectivity index (χ3v) is 4.26. The summed E-state index contributed by atoms with van der Waals surface area (Å²) >= 11 is 6.02. The minimum Gasteiger partial charge on any atom is -0.394 e. The first-order valence-corrected chi connectivity index (χ1v) is 8.07. The quantitative estimate of drug-likeness (QED) is 0.933. The van der Waals surface area contributed by atoms with E-state index < -0.39 is 0 Å². The van der Waals surface area contributed by atoms with Crippen molar-refractivity contribution in [1.29, 1.82) is 5.26 Å². The third kappa shape index (κ3) is 3.56. The van der Waals surface area contributed by atoms with Gasteiger partial charge in [-0.05, 0) is 37.1 Å². The zero-order chi connectivity index (χ0) is 16.2. The summed E-state index contributed by atoms with van der Waals surface area (Å²) in [5.74, 6) is 0.786. The van der Waals surface area contributed by atoms with Crippen LogP contribution in [0, 0.1) is 11.3 Å². The molecule has 0 bridgehead atoms. The number of piperidine rings is 1. The average Bonchev–Trinajstić information content (AvgIpc) is 2.59. The van der Waals surface area contributed by atoms with E-state index in [9.17, 15) is 5.26 Å². The smallest absolute Gasteiger partial charge is 0.130 e. The molecule has 1 saturated heterocycles. The second-order valence-corrected chi connectivity index (χ2v) is 6.04. The number of aromatic nitrogens is 1. The van der Waals surface area contributed by atoms with Gasteiger partial charge in [-0.25, -0.2) is 4.98 Å². The lowest BCUT2D eigenvalue weighted by Gasteiger charge is -2.33. The highest BCUT2D eigenvalue weighted by atomic mass is 35.5. The number of nitrogens with zero attached hydrogens (tertiary/aromatic N) is 3. The Kier molecular flexibility index (Phi) is 4.97. The Morgan fingerprint density at radius 1 is 1.43 bits per heavy atom. The summed E-state index contributed by atoms with van der Waals surface area (Å²) < 4.78 is 5.64. The van der Waals surface area contributed by atoms with Crippen LogP contribution in [-0.2, 0) is 4.74 Å². The fourth-order valence-corrected chi connectivity index (χ4v) is 3.11. The van der Waals surface area contributed by atoms with Gasteiger partial charge in [-0.3, -0.25) is 0 Å². The first-order valence-electron chi connectivity index (χ1n) is 7.69. The molecule has 0 saturated carbocycles. The molecular weight excluding hydrogens is 314 g/mol. The van der Waals surface area contributed by atoms with Gasteiger partial charge in [0.05, 0.1) is 36.5 Å². The third-order valence-electron chi connectivity index (χ3n) is 4.02. The van der Waals surface area contributed by atoms with Crippen LogP contribution in [0.1, 0.15) is 18.4 Å². The molecule has 1 aromatic carbocycles. The van der Waals surface area contributed by atoms with Crippen LogP contribution < -0.4 is 4.90 Å². The minimum absolute atomic E-state index is 0.0318. The largest absolute Gasteiger partial charge is 0.394 e. The summed E-state index contributed by atoms with van der Waals surface area (Å²) in [5.41, 5.74) is 1.34. The molecule has 1 unspecified atom stereocenters. The first kappa shape index (κ1) is 16.0. The fraction of sp³-hybridized carbons (Fsp3) is 0.412.